The van der Waals surface area contributed by atoms with E-state index in [1.165, 1.54) is 18.2 Å². The number of hydrazine groups is 1. The van der Waals surface area contributed by atoms with E-state index in [1.54, 1.807) is 60.7 Å². The van der Waals surface area contributed by atoms with Gasteiger partial charge in [-0.15, -0.1) is 4.83 Å². The summed E-state index contributed by atoms with van der Waals surface area (Å²) in [5.74, 6) is -0.585. The van der Waals surface area contributed by atoms with E-state index >= 15 is 0 Å². The summed E-state index contributed by atoms with van der Waals surface area (Å²) in [5.41, 5.74) is 1.24. The number of para-hydroxylation sites is 2. The molecule has 0 saturated carbocycles. The van der Waals surface area contributed by atoms with Gasteiger partial charge in [-0.2, -0.15) is 0 Å². The second kappa shape index (κ2) is 6.99. The summed E-state index contributed by atoms with van der Waals surface area (Å²) in [7, 11) is -4.02. The first-order valence-corrected chi connectivity index (χ1v) is 10.0. The van der Waals surface area contributed by atoms with Gasteiger partial charge in [-0.1, -0.05) is 48.5 Å². The van der Waals surface area contributed by atoms with Crippen molar-refractivity contribution in [2.24, 2.45) is 0 Å². The van der Waals surface area contributed by atoms with Gasteiger partial charge in [0.05, 0.1) is 10.5 Å². The summed E-state index contributed by atoms with van der Waals surface area (Å²) in [6.07, 6.45) is -0.929. The Kier molecular flexibility index (Phi) is 4.50. The molecule has 142 valence electrons. The number of nitrogens with zero attached hydrogens (tertiary/aromatic N) is 1. The molecule has 7 nitrogen and oxygen atoms in total. The molecule has 0 aliphatic carbocycles. The average molecular weight is 395 g/mol. The van der Waals surface area contributed by atoms with Crippen molar-refractivity contribution in [2.45, 2.75) is 11.1 Å². The number of sulfonamides is 1. The Morgan fingerprint density at radius 2 is 1.54 bits per heavy atom. The average Bonchev–Trinajstić information content (AvgIpc) is 2.71. The highest BCUT2D eigenvalue weighted by atomic mass is 32.2. The maximum atomic E-state index is 13.1. The van der Waals surface area contributed by atoms with Crippen LogP contribution in [0.2, 0.25) is 0 Å². The van der Waals surface area contributed by atoms with Crippen molar-refractivity contribution in [1.29, 1.82) is 0 Å². The smallest absolute Gasteiger partial charge is 0.273 e. The Balaban J connectivity index is 1.80. The van der Waals surface area contributed by atoms with Gasteiger partial charge >= 0.3 is 0 Å². The van der Waals surface area contributed by atoms with Crippen molar-refractivity contribution >= 4 is 21.6 Å². The van der Waals surface area contributed by atoms with Gasteiger partial charge < -0.3 is 10.4 Å². The molecule has 1 aliphatic rings. The number of amides is 1. The number of aromatic hydroxyl groups is 1. The van der Waals surface area contributed by atoms with E-state index in [9.17, 15) is 18.3 Å². The maximum Gasteiger partial charge on any atom is 0.273 e. The molecule has 1 aliphatic heterocycles. The number of rotatable bonds is 4. The van der Waals surface area contributed by atoms with Gasteiger partial charge in [-0.05, 0) is 30.3 Å². The number of carbonyl (C=O) groups is 1. The fourth-order valence-electron chi connectivity index (χ4n) is 3.07. The molecule has 0 aromatic heterocycles. The van der Waals surface area contributed by atoms with Crippen molar-refractivity contribution in [2.75, 3.05) is 5.32 Å². The Morgan fingerprint density at radius 3 is 2.29 bits per heavy atom. The number of hydrogen-bond donors (Lipinski definition) is 3. The van der Waals surface area contributed by atoms with Crippen molar-refractivity contribution < 1.29 is 18.3 Å². The number of benzene rings is 3. The van der Waals surface area contributed by atoms with Gasteiger partial charge in [0.15, 0.2) is 0 Å². The summed E-state index contributed by atoms with van der Waals surface area (Å²) in [5, 5.41) is 14.4. The van der Waals surface area contributed by atoms with E-state index in [-0.39, 0.29) is 10.6 Å². The Hall–Kier alpha value is -3.36. The highest BCUT2D eigenvalue weighted by molar-refractivity contribution is 7.89. The second-order valence-electron chi connectivity index (χ2n) is 6.23. The first kappa shape index (κ1) is 18.0. The van der Waals surface area contributed by atoms with Crippen molar-refractivity contribution in [1.82, 2.24) is 9.84 Å². The number of phenolic OH excluding ortho intramolecular Hbond substituents is 1. The molecule has 3 N–H and O–H groups in total. The van der Waals surface area contributed by atoms with Gasteiger partial charge in [0.1, 0.15) is 11.9 Å². The van der Waals surface area contributed by atoms with Crippen LogP contribution in [-0.4, -0.2) is 24.4 Å². The van der Waals surface area contributed by atoms with Gasteiger partial charge in [-0.25, -0.2) is 13.4 Å². The van der Waals surface area contributed by atoms with Crippen LogP contribution in [-0.2, 0) is 10.0 Å². The SMILES string of the molecule is O=C1c2ccccc2N[C@@H](c2ccccc2O)N1NS(=O)(=O)c1ccccc1. The normalized spacial score (nSPS) is 16.4. The minimum absolute atomic E-state index is 0.0256. The summed E-state index contributed by atoms with van der Waals surface area (Å²) < 4.78 is 25.6. The Bertz CT molecular complexity index is 1130. The highest BCUT2D eigenvalue weighted by Gasteiger charge is 2.37. The van der Waals surface area contributed by atoms with Crippen molar-refractivity contribution in [3.8, 4) is 5.75 Å². The molecule has 0 spiro atoms. The largest absolute Gasteiger partial charge is 0.508 e. The lowest BCUT2D eigenvalue weighted by molar-refractivity contribution is 0.0630. The monoisotopic (exact) mass is 395 g/mol. The molecule has 0 unspecified atom stereocenters. The van der Waals surface area contributed by atoms with Crippen LogP contribution in [0.5, 0.6) is 5.75 Å². The third-order valence-electron chi connectivity index (χ3n) is 4.43. The lowest BCUT2D eigenvalue weighted by Crippen LogP contribution is -2.52. The zero-order chi connectivity index (χ0) is 19.7. The minimum Gasteiger partial charge on any atom is -0.508 e. The fourth-order valence-corrected chi connectivity index (χ4v) is 4.13. The molecule has 0 bridgehead atoms. The molecular formula is C20H17N3O4S. The number of fused-ring (bicyclic) bond motifs is 1. The van der Waals surface area contributed by atoms with Gasteiger partial charge in [0.2, 0.25) is 0 Å². The molecule has 3 aromatic carbocycles. The predicted molar refractivity (Wildman–Crippen MR) is 104 cm³/mol. The van der Waals surface area contributed by atoms with Crippen LogP contribution in [0.25, 0.3) is 0 Å². The summed E-state index contributed by atoms with van der Waals surface area (Å²) in [4.78, 5) is 15.5. The topological polar surface area (TPSA) is 98.7 Å². The molecular weight excluding hydrogens is 378 g/mol. The number of anilines is 1. The third-order valence-corrected chi connectivity index (χ3v) is 5.76. The van der Waals surface area contributed by atoms with Crippen LogP contribution < -0.4 is 10.1 Å². The van der Waals surface area contributed by atoms with E-state index < -0.39 is 22.1 Å². The molecule has 1 heterocycles. The van der Waals surface area contributed by atoms with Crippen LogP contribution in [0.3, 0.4) is 0 Å². The summed E-state index contributed by atoms with van der Waals surface area (Å²) in [6.45, 7) is 0. The number of carbonyl (C=O) groups excluding carboxylic acids is 1. The Labute approximate surface area is 162 Å². The van der Waals surface area contributed by atoms with E-state index in [4.69, 9.17) is 0 Å². The molecule has 8 heteroatoms. The Morgan fingerprint density at radius 1 is 0.893 bits per heavy atom. The fraction of sp³-hybridized carbons (Fsp3) is 0.0500. The quantitative estimate of drug-likeness (QED) is 0.631. The highest BCUT2D eigenvalue weighted by Crippen LogP contribution is 2.35. The summed E-state index contributed by atoms with van der Waals surface area (Å²) >= 11 is 0. The van der Waals surface area contributed by atoms with Gasteiger partial charge in [-0.3, -0.25) is 4.79 Å². The zero-order valence-corrected chi connectivity index (χ0v) is 15.4. The van der Waals surface area contributed by atoms with E-state index in [0.29, 0.717) is 16.8 Å². The number of nitrogens with one attached hydrogen (secondary N) is 2. The molecule has 3 aromatic rings. The lowest BCUT2D eigenvalue weighted by Gasteiger charge is -2.37. The molecule has 28 heavy (non-hydrogen) atoms. The van der Waals surface area contributed by atoms with Crippen molar-refractivity contribution in [3.63, 3.8) is 0 Å². The molecule has 4 rings (SSSR count). The van der Waals surface area contributed by atoms with E-state index in [0.717, 1.165) is 5.01 Å². The zero-order valence-electron chi connectivity index (χ0n) is 14.6. The predicted octanol–water partition coefficient (Wildman–Crippen LogP) is 2.85. The van der Waals surface area contributed by atoms with Crippen LogP contribution in [0.1, 0.15) is 22.1 Å². The van der Waals surface area contributed by atoms with E-state index in [2.05, 4.69) is 10.1 Å². The summed E-state index contributed by atoms with van der Waals surface area (Å²) in [6, 6.07) is 21.0. The van der Waals surface area contributed by atoms with Crippen LogP contribution >= 0.6 is 0 Å². The van der Waals surface area contributed by atoms with Crippen LogP contribution in [0.4, 0.5) is 5.69 Å². The maximum absolute atomic E-state index is 13.1. The standard InChI is InChI=1S/C20H17N3O4S/c24-18-13-7-5-11-16(18)19-21-17-12-6-4-10-15(17)20(25)23(19)22-28(26,27)14-8-2-1-3-9-14/h1-13,19,21-22,24H/t19-/m1/s1. The number of hydrogen-bond acceptors (Lipinski definition) is 5. The van der Waals surface area contributed by atoms with Crippen molar-refractivity contribution in [3.05, 3.63) is 90.0 Å². The van der Waals surface area contributed by atoms with E-state index in [1.807, 2.05) is 0 Å². The second-order valence-corrected chi connectivity index (χ2v) is 7.90. The molecule has 0 fully saturated rings. The van der Waals surface area contributed by atoms with Gasteiger partial charge in [0.25, 0.3) is 15.9 Å². The first-order chi connectivity index (χ1) is 13.5. The lowest BCUT2D eigenvalue weighted by atomic mass is 10.0. The molecule has 1 amide bonds. The van der Waals surface area contributed by atoms with Gasteiger partial charge in [0, 0.05) is 11.3 Å². The molecule has 1 atom stereocenters. The first-order valence-electron chi connectivity index (χ1n) is 8.52. The van der Waals surface area contributed by atoms with Crippen LogP contribution in [0.15, 0.2) is 83.8 Å². The third kappa shape index (κ3) is 3.19. The minimum atomic E-state index is -4.02. The molecule has 0 radical (unpaired) electrons. The van der Waals surface area contributed by atoms with Crippen LogP contribution in [0, 0.1) is 0 Å². The number of phenols is 1. The molecule has 0 saturated heterocycles.